The minimum absolute atomic E-state index is 0. The average Bonchev–Trinajstić information content (AvgIpc) is 3.08. The Morgan fingerprint density at radius 1 is 1.15 bits per heavy atom. The Labute approximate surface area is 173 Å². The van der Waals surface area contributed by atoms with Crippen LogP contribution in [0.1, 0.15) is 55.1 Å². The van der Waals surface area contributed by atoms with Crippen molar-refractivity contribution in [2.24, 2.45) is 12.0 Å². The third-order valence-corrected chi connectivity index (χ3v) is 4.25. The number of halogens is 1. The van der Waals surface area contributed by atoms with Gasteiger partial charge in [-0.25, -0.2) is 9.98 Å². The molecule has 2 N–H and O–H groups in total. The molecule has 8 heteroatoms. The van der Waals surface area contributed by atoms with Crippen LogP contribution in [-0.2, 0) is 33.0 Å². The van der Waals surface area contributed by atoms with Gasteiger partial charge in [0.2, 0.25) is 5.89 Å². The molecule has 0 atom stereocenters. The molecule has 2 heterocycles. The van der Waals surface area contributed by atoms with E-state index < -0.39 is 0 Å². The summed E-state index contributed by atoms with van der Waals surface area (Å²) in [6.07, 6.45) is 1.87. The number of hydrogen-bond acceptors (Lipinski definition) is 4. The van der Waals surface area contributed by atoms with E-state index in [0.717, 1.165) is 42.5 Å². The second-order valence-electron chi connectivity index (χ2n) is 6.00. The highest BCUT2D eigenvalue weighted by molar-refractivity contribution is 14.0. The van der Waals surface area contributed by atoms with Crippen molar-refractivity contribution >= 4 is 29.9 Å². The van der Waals surface area contributed by atoms with Gasteiger partial charge >= 0.3 is 0 Å². The van der Waals surface area contributed by atoms with Crippen LogP contribution >= 0.6 is 24.0 Å². The molecule has 2 aromatic rings. The number of hydrogen-bond donors (Lipinski definition) is 2. The van der Waals surface area contributed by atoms with E-state index in [1.165, 1.54) is 11.3 Å². The summed E-state index contributed by atoms with van der Waals surface area (Å²) in [5.74, 6) is 2.28. The molecule has 2 aromatic heterocycles. The lowest BCUT2D eigenvalue weighted by atomic mass is 10.1. The zero-order valence-corrected chi connectivity index (χ0v) is 19.0. The van der Waals surface area contributed by atoms with Gasteiger partial charge in [-0.2, -0.15) is 5.10 Å². The third-order valence-electron chi connectivity index (χ3n) is 4.25. The summed E-state index contributed by atoms with van der Waals surface area (Å²) < 4.78 is 7.59. The normalized spacial score (nSPS) is 11.4. The van der Waals surface area contributed by atoms with Crippen LogP contribution in [-0.4, -0.2) is 27.3 Å². The molecule has 0 unspecified atom stereocenters. The largest absolute Gasteiger partial charge is 0.444 e. The summed E-state index contributed by atoms with van der Waals surface area (Å²) in [6.45, 7) is 12.1. The van der Waals surface area contributed by atoms with Crippen molar-refractivity contribution in [3.8, 4) is 0 Å². The van der Waals surface area contributed by atoms with E-state index in [0.29, 0.717) is 19.0 Å². The molecule has 146 valence electrons. The van der Waals surface area contributed by atoms with Crippen LogP contribution in [0.2, 0.25) is 0 Å². The van der Waals surface area contributed by atoms with Crippen LogP contribution in [0, 0.1) is 13.8 Å². The first-order chi connectivity index (χ1) is 12.0. The Balaban J connectivity index is 0.00000338. The third kappa shape index (κ3) is 5.46. The van der Waals surface area contributed by atoms with Gasteiger partial charge in [-0.3, -0.25) is 4.68 Å². The number of aromatic nitrogens is 3. The van der Waals surface area contributed by atoms with Crippen molar-refractivity contribution in [1.82, 2.24) is 25.4 Å². The number of guanidine groups is 1. The minimum atomic E-state index is 0. The first kappa shape index (κ1) is 22.5. The van der Waals surface area contributed by atoms with Crippen molar-refractivity contribution in [3.05, 3.63) is 34.3 Å². The summed E-state index contributed by atoms with van der Waals surface area (Å²) in [5.41, 5.74) is 4.52. The second-order valence-corrected chi connectivity index (χ2v) is 6.00. The predicted octanol–water partition coefficient (Wildman–Crippen LogP) is 3.02. The minimum Gasteiger partial charge on any atom is -0.444 e. The maximum absolute atomic E-state index is 5.61. The molecule has 0 fully saturated rings. The Hall–Kier alpha value is -1.58. The van der Waals surface area contributed by atoms with Crippen LogP contribution in [0.25, 0.3) is 0 Å². The van der Waals surface area contributed by atoms with E-state index in [4.69, 9.17) is 9.41 Å². The van der Waals surface area contributed by atoms with Crippen LogP contribution in [0.4, 0.5) is 0 Å². The van der Waals surface area contributed by atoms with E-state index in [-0.39, 0.29) is 24.0 Å². The Morgan fingerprint density at radius 3 is 2.42 bits per heavy atom. The first-order valence-electron chi connectivity index (χ1n) is 8.98. The zero-order chi connectivity index (χ0) is 18.4. The number of rotatable bonds is 7. The van der Waals surface area contributed by atoms with Gasteiger partial charge in [0.15, 0.2) is 5.96 Å². The second kappa shape index (κ2) is 10.5. The Bertz CT molecular complexity index is 715. The summed E-state index contributed by atoms with van der Waals surface area (Å²) in [4.78, 5) is 9.12. The van der Waals surface area contributed by atoms with Gasteiger partial charge in [-0.05, 0) is 33.6 Å². The number of nitrogens with zero attached hydrogens (tertiary/aromatic N) is 4. The maximum atomic E-state index is 5.61. The van der Waals surface area contributed by atoms with Crippen molar-refractivity contribution in [3.63, 3.8) is 0 Å². The highest BCUT2D eigenvalue weighted by Gasteiger charge is 2.13. The van der Waals surface area contributed by atoms with E-state index >= 15 is 0 Å². The number of aryl methyl sites for hydroxylation is 4. The van der Waals surface area contributed by atoms with Crippen LogP contribution in [0.15, 0.2) is 9.41 Å². The van der Waals surface area contributed by atoms with E-state index in [1.807, 2.05) is 25.6 Å². The first-order valence-corrected chi connectivity index (χ1v) is 8.98. The molecular formula is C18H31IN6O. The molecule has 0 aromatic carbocycles. The quantitative estimate of drug-likeness (QED) is 0.367. The average molecular weight is 474 g/mol. The monoisotopic (exact) mass is 474 g/mol. The molecule has 7 nitrogen and oxygen atoms in total. The summed E-state index contributed by atoms with van der Waals surface area (Å²) in [7, 11) is 2.00. The zero-order valence-electron chi connectivity index (χ0n) is 16.6. The summed E-state index contributed by atoms with van der Waals surface area (Å²) in [6, 6.07) is 0. The summed E-state index contributed by atoms with van der Waals surface area (Å²) in [5, 5.41) is 11.2. The highest BCUT2D eigenvalue weighted by Crippen LogP contribution is 2.16. The molecule has 0 saturated carbocycles. The Kier molecular flexibility index (Phi) is 9.11. The molecule has 0 aliphatic carbocycles. The molecule has 0 aliphatic heterocycles. The maximum Gasteiger partial charge on any atom is 0.214 e. The van der Waals surface area contributed by atoms with Crippen LogP contribution in [0.5, 0.6) is 0 Å². The number of oxazole rings is 1. The molecule has 26 heavy (non-hydrogen) atoms. The van der Waals surface area contributed by atoms with Gasteiger partial charge < -0.3 is 15.1 Å². The Morgan fingerprint density at radius 2 is 1.88 bits per heavy atom. The fraction of sp³-hybridized carbons (Fsp3) is 0.611. The molecular weight excluding hydrogens is 443 g/mol. The highest BCUT2D eigenvalue weighted by atomic mass is 127. The van der Waals surface area contributed by atoms with Crippen molar-refractivity contribution in [1.29, 1.82) is 0 Å². The molecule has 0 aliphatic rings. The SMILES string of the molecule is CCNC(=NCc1c(CC)nn(C)c1CC)NCc1nc(C)c(C)o1.I. The van der Waals surface area contributed by atoms with Gasteiger partial charge in [0, 0.05) is 24.8 Å². The van der Waals surface area contributed by atoms with Crippen molar-refractivity contribution in [2.45, 2.75) is 60.5 Å². The standard InChI is InChI=1S/C18H30N6O.HI/c1-7-15-14(16(8-2)24(6)23-15)10-20-18(19-9-3)21-11-17-22-12(4)13(5)25-17;/h7-11H2,1-6H3,(H2,19,20,21);1H. The van der Waals surface area contributed by atoms with Gasteiger partial charge in [0.05, 0.1) is 24.5 Å². The van der Waals surface area contributed by atoms with E-state index in [9.17, 15) is 0 Å². The summed E-state index contributed by atoms with van der Waals surface area (Å²) >= 11 is 0. The number of nitrogens with one attached hydrogen (secondary N) is 2. The molecule has 0 radical (unpaired) electrons. The van der Waals surface area contributed by atoms with E-state index in [2.05, 4.69) is 41.5 Å². The lowest BCUT2D eigenvalue weighted by molar-refractivity contribution is 0.463. The van der Waals surface area contributed by atoms with Crippen molar-refractivity contribution in [2.75, 3.05) is 6.54 Å². The molecule has 0 bridgehead atoms. The fourth-order valence-electron chi connectivity index (χ4n) is 2.85. The molecule has 0 amide bonds. The molecule has 2 rings (SSSR count). The number of aliphatic imine (C=N–C) groups is 1. The van der Waals surface area contributed by atoms with Gasteiger partial charge in [0.1, 0.15) is 5.76 Å². The van der Waals surface area contributed by atoms with Crippen molar-refractivity contribution < 1.29 is 4.42 Å². The van der Waals surface area contributed by atoms with Gasteiger partial charge in [-0.1, -0.05) is 13.8 Å². The fourth-order valence-corrected chi connectivity index (χ4v) is 2.85. The lowest BCUT2D eigenvalue weighted by Crippen LogP contribution is -2.36. The van der Waals surface area contributed by atoms with Gasteiger partial charge in [0.25, 0.3) is 0 Å². The molecule has 0 spiro atoms. The van der Waals surface area contributed by atoms with E-state index in [1.54, 1.807) is 0 Å². The van der Waals surface area contributed by atoms with Crippen LogP contribution in [0.3, 0.4) is 0 Å². The smallest absolute Gasteiger partial charge is 0.214 e. The predicted molar refractivity (Wildman–Crippen MR) is 115 cm³/mol. The van der Waals surface area contributed by atoms with Gasteiger partial charge in [-0.15, -0.1) is 24.0 Å². The molecule has 0 saturated heterocycles. The topological polar surface area (TPSA) is 80.3 Å². The lowest BCUT2D eigenvalue weighted by Gasteiger charge is -2.10. The van der Waals surface area contributed by atoms with Crippen LogP contribution < -0.4 is 10.6 Å².